The minimum atomic E-state index is -0.889. The van der Waals surface area contributed by atoms with Crippen LogP contribution in [0.1, 0.15) is 31.4 Å². The van der Waals surface area contributed by atoms with Crippen LogP contribution in [0.4, 0.5) is 0 Å². The fourth-order valence-corrected chi connectivity index (χ4v) is 2.56. The number of carboxylic acid groups (broad SMARTS) is 1. The molecular weight excluding hydrogens is 242 g/mol. The fourth-order valence-electron chi connectivity index (χ4n) is 2.56. The third kappa shape index (κ3) is 4.04. The zero-order chi connectivity index (χ0) is 13.7. The minimum Gasteiger partial charge on any atom is -0.480 e. The highest BCUT2D eigenvalue weighted by Gasteiger charge is 2.24. The summed E-state index contributed by atoms with van der Waals surface area (Å²) < 4.78 is 5.35. The molecule has 1 N–H and O–H groups in total. The van der Waals surface area contributed by atoms with Crippen LogP contribution in [0.3, 0.4) is 0 Å². The first-order valence-electron chi connectivity index (χ1n) is 6.79. The summed E-state index contributed by atoms with van der Waals surface area (Å²) in [7, 11) is 0. The molecule has 0 radical (unpaired) electrons. The molecule has 0 amide bonds. The molecule has 2 rings (SSSR count). The second kappa shape index (κ2) is 6.68. The molecule has 0 aliphatic carbocycles. The van der Waals surface area contributed by atoms with Gasteiger partial charge in [0.15, 0.2) is 0 Å². The molecule has 4 nitrogen and oxygen atoms in total. The van der Waals surface area contributed by atoms with Gasteiger partial charge in [0.2, 0.25) is 0 Å². The Bertz CT molecular complexity index is 399. The van der Waals surface area contributed by atoms with Crippen molar-refractivity contribution in [3.8, 4) is 0 Å². The van der Waals surface area contributed by atoms with E-state index in [1.54, 1.807) is 0 Å². The van der Waals surface area contributed by atoms with E-state index in [1.807, 2.05) is 6.07 Å². The summed E-state index contributed by atoms with van der Waals surface area (Å²) in [6, 6.07) is 10.9. The van der Waals surface area contributed by atoms with Crippen molar-refractivity contribution in [2.24, 2.45) is 0 Å². The van der Waals surface area contributed by atoms with Crippen molar-refractivity contribution in [3.63, 3.8) is 0 Å². The third-order valence-corrected chi connectivity index (χ3v) is 3.75. The molecule has 104 valence electrons. The van der Waals surface area contributed by atoms with E-state index in [1.165, 1.54) is 5.56 Å². The Morgan fingerprint density at radius 1 is 1.37 bits per heavy atom. The van der Waals surface area contributed by atoms with E-state index in [9.17, 15) is 4.79 Å². The van der Waals surface area contributed by atoms with Crippen molar-refractivity contribution in [1.29, 1.82) is 0 Å². The Balaban J connectivity index is 1.81. The van der Waals surface area contributed by atoms with E-state index in [0.717, 1.165) is 25.9 Å². The molecule has 0 bridgehead atoms. The second-order valence-corrected chi connectivity index (χ2v) is 5.03. The molecule has 1 aliphatic heterocycles. The number of nitrogens with zero attached hydrogens (tertiary/aromatic N) is 1. The largest absolute Gasteiger partial charge is 0.480 e. The van der Waals surface area contributed by atoms with Gasteiger partial charge in [0.25, 0.3) is 0 Å². The average Bonchev–Trinajstić information content (AvgIpc) is 2.46. The van der Waals surface area contributed by atoms with Crippen LogP contribution in [0.15, 0.2) is 30.3 Å². The summed E-state index contributed by atoms with van der Waals surface area (Å²) in [4.78, 5) is 12.9. The van der Waals surface area contributed by atoms with Crippen LogP contribution in [-0.2, 0) is 9.53 Å². The summed E-state index contributed by atoms with van der Waals surface area (Å²) in [5, 5.41) is 8.60. The van der Waals surface area contributed by atoms with Gasteiger partial charge in [-0.3, -0.25) is 4.90 Å². The maximum absolute atomic E-state index is 10.5. The Kier molecular flexibility index (Phi) is 4.93. The van der Waals surface area contributed by atoms with Crippen molar-refractivity contribution < 1.29 is 14.6 Å². The number of aliphatic carboxylic acids is 1. The molecule has 1 aromatic carbocycles. The molecule has 1 aromatic rings. The predicted molar refractivity (Wildman–Crippen MR) is 73.0 cm³/mol. The Hall–Kier alpha value is -1.39. The molecule has 1 aliphatic rings. The number of likely N-dealkylation sites (tertiary alicyclic amines) is 1. The van der Waals surface area contributed by atoms with Crippen LogP contribution >= 0.6 is 0 Å². The lowest BCUT2D eigenvalue weighted by molar-refractivity contribution is -0.145. The van der Waals surface area contributed by atoms with Gasteiger partial charge in [-0.2, -0.15) is 0 Å². The van der Waals surface area contributed by atoms with Gasteiger partial charge in [0.1, 0.15) is 6.61 Å². The van der Waals surface area contributed by atoms with E-state index < -0.39 is 5.97 Å². The van der Waals surface area contributed by atoms with E-state index in [4.69, 9.17) is 9.84 Å². The lowest BCUT2D eigenvalue weighted by Crippen LogP contribution is -2.39. The second-order valence-electron chi connectivity index (χ2n) is 5.03. The zero-order valence-corrected chi connectivity index (χ0v) is 11.3. The van der Waals surface area contributed by atoms with Crippen LogP contribution in [0.5, 0.6) is 0 Å². The van der Waals surface area contributed by atoms with Gasteiger partial charge >= 0.3 is 5.97 Å². The first kappa shape index (κ1) is 14.0. The van der Waals surface area contributed by atoms with Gasteiger partial charge in [-0.25, -0.2) is 4.79 Å². The predicted octanol–water partition coefficient (Wildman–Crippen LogP) is 2.31. The SMILES string of the molecule is CC(c1ccccc1)N1CCC(OCC(=O)O)CC1. The normalized spacial score (nSPS) is 19.2. The van der Waals surface area contributed by atoms with E-state index in [-0.39, 0.29) is 12.7 Å². The van der Waals surface area contributed by atoms with Crippen LogP contribution < -0.4 is 0 Å². The number of carboxylic acids is 1. The molecule has 1 atom stereocenters. The van der Waals surface area contributed by atoms with Crippen molar-refractivity contribution in [1.82, 2.24) is 4.90 Å². The lowest BCUT2D eigenvalue weighted by atomic mass is 10.0. The van der Waals surface area contributed by atoms with E-state index >= 15 is 0 Å². The van der Waals surface area contributed by atoms with Crippen LogP contribution in [0.25, 0.3) is 0 Å². The highest BCUT2D eigenvalue weighted by Crippen LogP contribution is 2.24. The molecule has 0 saturated carbocycles. The van der Waals surface area contributed by atoms with Gasteiger partial charge in [-0.15, -0.1) is 0 Å². The quantitative estimate of drug-likeness (QED) is 0.885. The summed E-state index contributed by atoms with van der Waals surface area (Å²) in [6.45, 7) is 3.95. The smallest absolute Gasteiger partial charge is 0.329 e. The lowest BCUT2D eigenvalue weighted by Gasteiger charge is -2.36. The van der Waals surface area contributed by atoms with Crippen molar-refractivity contribution in [2.45, 2.75) is 31.9 Å². The standard InChI is InChI=1S/C15H21NO3/c1-12(13-5-3-2-4-6-13)16-9-7-14(8-10-16)19-11-15(17)18/h2-6,12,14H,7-11H2,1H3,(H,17,18). The third-order valence-electron chi connectivity index (χ3n) is 3.75. The fraction of sp³-hybridized carbons (Fsp3) is 0.533. The van der Waals surface area contributed by atoms with Crippen LogP contribution in [0, 0.1) is 0 Å². The highest BCUT2D eigenvalue weighted by atomic mass is 16.5. The molecule has 1 saturated heterocycles. The number of piperidine rings is 1. The molecule has 0 spiro atoms. The van der Waals surface area contributed by atoms with E-state index in [2.05, 4.69) is 36.1 Å². The molecule has 4 heteroatoms. The summed E-state index contributed by atoms with van der Waals surface area (Å²) in [6.07, 6.45) is 1.91. The summed E-state index contributed by atoms with van der Waals surface area (Å²) in [5.74, 6) is -0.889. The number of hydrogen-bond acceptors (Lipinski definition) is 3. The van der Waals surface area contributed by atoms with Crippen molar-refractivity contribution in [3.05, 3.63) is 35.9 Å². The number of carbonyl (C=O) groups is 1. The monoisotopic (exact) mass is 263 g/mol. The minimum absolute atomic E-state index is 0.0929. The topological polar surface area (TPSA) is 49.8 Å². The van der Waals surface area contributed by atoms with Crippen LogP contribution in [-0.4, -0.2) is 41.8 Å². The van der Waals surface area contributed by atoms with Gasteiger partial charge in [-0.05, 0) is 25.3 Å². The number of rotatable bonds is 5. The zero-order valence-electron chi connectivity index (χ0n) is 11.3. The Morgan fingerprint density at radius 2 is 2.00 bits per heavy atom. The van der Waals surface area contributed by atoms with Gasteiger partial charge < -0.3 is 9.84 Å². The van der Waals surface area contributed by atoms with Gasteiger partial charge in [0.05, 0.1) is 6.10 Å². The van der Waals surface area contributed by atoms with Gasteiger partial charge in [0, 0.05) is 19.1 Å². The molecular formula is C15H21NO3. The Morgan fingerprint density at radius 3 is 2.58 bits per heavy atom. The first-order valence-corrected chi connectivity index (χ1v) is 6.79. The molecule has 19 heavy (non-hydrogen) atoms. The van der Waals surface area contributed by atoms with E-state index in [0.29, 0.717) is 6.04 Å². The van der Waals surface area contributed by atoms with Crippen molar-refractivity contribution >= 4 is 5.97 Å². The summed E-state index contributed by atoms with van der Waals surface area (Å²) >= 11 is 0. The molecule has 1 fully saturated rings. The average molecular weight is 263 g/mol. The molecule has 1 unspecified atom stereocenters. The number of ether oxygens (including phenoxy) is 1. The summed E-state index contributed by atoms with van der Waals surface area (Å²) in [5.41, 5.74) is 1.33. The van der Waals surface area contributed by atoms with Crippen LogP contribution in [0.2, 0.25) is 0 Å². The molecule has 0 aromatic heterocycles. The first-order chi connectivity index (χ1) is 9.16. The molecule has 1 heterocycles. The highest BCUT2D eigenvalue weighted by molar-refractivity contribution is 5.68. The maximum atomic E-state index is 10.5. The number of hydrogen-bond donors (Lipinski definition) is 1. The Labute approximate surface area is 114 Å². The van der Waals surface area contributed by atoms with Gasteiger partial charge in [-0.1, -0.05) is 30.3 Å². The van der Waals surface area contributed by atoms with Crippen molar-refractivity contribution in [2.75, 3.05) is 19.7 Å². The number of benzene rings is 1. The maximum Gasteiger partial charge on any atom is 0.329 e.